The minimum atomic E-state index is -0.601. The zero-order valence-corrected chi connectivity index (χ0v) is 14.5. The molecule has 0 bridgehead atoms. The van der Waals surface area contributed by atoms with Gasteiger partial charge in [0.05, 0.1) is 11.8 Å². The Balaban J connectivity index is 1.99. The molecule has 0 aromatic carbocycles. The van der Waals surface area contributed by atoms with Crippen molar-refractivity contribution in [2.45, 2.75) is 65.1 Å². The van der Waals surface area contributed by atoms with E-state index in [-0.39, 0.29) is 35.8 Å². The van der Waals surface area contributed by atoms with Crippen LogP contribution in [0.15, 0.2) is 23.3 Å². The second-order valence-corrected chi connectivity index (χ2v) is 7.71. The summed E-state index contributed by atoms with van der Waals surface area (Å²) in [6, 6.07) is 0. The van der Waals surface area contributed by atoms with Gasteiger partial charge in [0, 0.05) is 11.5 Å². The van der Waals surface area contributed by atoms with Gasteiger partial charge in [0.25, 0.3) is 0 Å². The molecule has 4 nitrogen and oxygen atoms in total. The molecule has 4 atom stereocenters. The summed E-state index contributed by atoms with van der Waals surface area (Å²) < 4.78 is 11.6. The molecule has 0 amide bonds. The zero-order valence-electron chi connectivity index (χ0n) is 14.5. The van der Waals surface area contributed by atoms with Gasteiger partial charge in [-0.05, 0) is 39.5 Å². The van der Waals surface area contributed by atoms with E-state index in [1.807, 2.05) is 20.8 Å². The van der Waals surface area contributed by atoms with Crippen molar-refractivity contribution in [1.82, 2.24) is 0 Å². The number of esters is 2. The average molecular weight is 318 g/mol. The van der Waals surface area contributed by atoms with Crippen LogP contribution in [0.4, 0.5) is 0 Å². The molecule has 0 aromatic rings. The van der Waals surface area contributed by atoms with Gasteiger partial charge in [-0.2, -0.15) is 0 Å². The number of hydrogen-bond acceptors (Lipinski definition) is 4. The minimum Gasteiger partial charge on any atom is -0.458 e. The Bertz CT molecular complexity index is 600. The van der Waals surface area contributed by atoms with Gasteiger partial charge in [-0.3, -0.25) is 4.79 Å². The van der Waals surface area contributed by atoms with Crippen molar-refractivity contribution < 1.29 is 19.1 Å². The third-order valence-corrected chi connectivity index (χ3v) is 5.79. The maximum absolute atomic E-state index is 12.2. The Morgan fingerprint density at radius 3 is 2.74 bits per heavy atom. The maximum atomic E-state index is 12.2. The molecular formula is C19H26O4. The lowest BCUT2D eigenvalue weighted by atomic mass is 9.79. The van der Waals surface area contributed by atoms with Gasteiger partial charge in [0.1, 0.15) is 11.7 Å². The summed E-state index contributed by atoms with van der Waals surface area (Å²) in [4.78, 5) is 24.2. The molecule has 3 rings (SSSR count). The van der Waals surface area contributed by atoms with Crippen molar-refractivity contribution >= 4 is 11.9 Å². The van der Waals surface area contributed by atoms with E-state index in [0.29, 0.717) is 5.57 Å². The van der Waals surface area contributed by atoms with Gasteiger partial charge in [-0.15, -0.1) is 0 Å². The lowest BCUT2D eigenvalue weighted by molar-refractivity contribution is -0.170. The molecule has 1 saturated heterocycles. The van der Waals surface area contributed by atoms with Crippen molar-refractivity contribution in [3.63, 3.8) is 0 Å². The summed E-state index contributed by atoms with van der Waals surface area (Å²) >= 11 is 0. The fourth-order valence-corrected chi connectivity index (χ4v) is 4.35. The van der Waals surface area contributed by atoms with E-state index in [9.17, 15) is 9.59 Å². The first kappa shape index (κ1) is 16.3. The maximum Gasteiger partial charge on any atom is 0.334 e. The molecule has 2 fully saturated rings. The van der Waals surface area contributed by atoms with Crippen LogP contribution in [-0.2, 0) is 19.1 Å². The smallest absolute Gasteiger partial charge is 0.334 e. The number of hydrogen-bond donors (Lipinski definition) is 0. The molecule has 0 radical (unpaired) electrons. The predicted molar refractivity (Wildman–Crippen MR) is 86.5 cm³/mol. The van der Waals surface area contributed by atoms with Crippen LogP contribution in [0.5, 0.6) is 0 Å². The highest BCUT2D eigenvalue weighted by molar-refractivity contribution is 5.91. The molecule has 23 heavy (non-hydrogen) atoms. The molecule has 0 spiro atoms. The van der Waals surface area contributed by atoms with Gasteiger partial charge in [-0.1, -0.05) is 31.6 Å². The summed E-state index contributed by atoms with van der Waals surface area (Å²) in [5, 5.41) is 0. The summed E-state index contributed by atoms with van der Waals surface area (Å²) in [7, 11) is 0. The lowest BCUT2D eigenvalue weighted by Crippen LogP contribution is -2.44. The standard InChI is InChI=1S/C19H26O4/c1-10(2)17(20)23-19(5)9-8-13-11(3)6-7-14-12(4)18(21)22-16(14)15(13)19/h10,14-16H,4,6-9H2,1-3,5H3/t14-,15-,16-,19+/m0/s1. The fourth-order valence-electron chi connectivity index (χ4n) is 4.35. The highest BCUT2D eigenvalue weighted by Crippen LogP contribution is 2.53. The highest BCUT2D eigenvalue weighted by Gasteiger charge is 2.56. The molecule has 1 aliphatic heterocycles. The van der Waals surface area contributed by atoms with Crippen LogP contribution in [0, 0.1) is 17.8 Å². The number of allylic oxidation sites excluding steroid dienone is 1. The molecule has 2 aliphatic carbocycles. The molecule has 4 heteroatoms. The molecule has 1 heterocycles. The second kappa shape index (κ2) is 5.50. The van der Waals surface area contributed by atoms with E-state index in [1.165, 1.54) is 11.1 Å². The van der Waals surface area contributed by atoms with E-state index in [1.54, 1.807) is 0 Å². The quantitative estimate of drug-likeness (QED) is 0.444. The lowest BCUT2D eigenvalue weighted by Gasteiger charge is -2.36. The first-order valence-corrected chi connectivity index (χ1v) is 8.55. The zero-order chi connectivity index (χ0) is 16.9. The van der Waals surface area contributed by atoms with Crippen LogP contribution in [0.2, 0.25) is 0 Å². The van der Waals surface area contributed by atoms with E-state index >= 15 is 0 Å². The Labute approximate surface area is 137 Å². The molecule has 0 N–H and O–H groups in total. The third kappa shape index (κ3) is 2.52. The van der Waals surface area contributed by atoms with Crippen molar-refractivity contribution in [1.29, 1.82) is 0 Å². The van der Waals surface area contributed by atoms with E-state index in [2.05, 4.69) is 13.5 Å². The molecule has 126 valence electrons. The number of fused-ring (bicyclic) bond motifs is 3. The van der Waals surface area contributed by atoms with Crippen molar-refractivity contribution in [2.75, 3.05) is 0 Å². The van der Waals surface area contributed by atoms with Crippen LogP contribution < -0.4 is 0 Å². The normalized spacial score (nSPS) is 36.7. The molecular weight excluding hydrogens is 292 g/mol. The molecule has 3 aliphatic rings. The predicted octanol–water partition coefficient (Wildman–Crippen LogP) is 3.56. The van der Waals surface area contributed by atoms with Crippen molar-refractivity contribution in [2.24, 2.45) is 17.8 Å². The van der Waals surface area contributed by atoms with Gasteiger partial charge in [0.2, 0.25) is 0 Å². The third-order valence-electron chi connectivity index (χ3n) is 5.79. The van der Waals surface area contributed by atoms with Crippen molar-refractivity contribution in [3.8, 4) is 0 Å². The monoisotopic (exact) mass is 318 g/mol. The first-order chi connectivity index (χ1) is 10.7. The summed E-state index contributed by atoms with van der Waals surface area (Å²) in [5.74, 6) is -0.640. The molecule has 0 aromatic heterocycles. The number of rotatable bonds is 2. The van der Waals surface area contributed by atoms with E-state index < -0.39 is 5.60 Å². The SMILES string of the molecule is C=C1C(=O)O[C@H]2[C@H]1CCC(C)=C1CC[C@@](C)(OC(=O)C(C)C)[C@@H]12. The van der Waals surface area contributed by atoms with Crippen LogP contribution in [-0.4, -0.2) is 23.6 Å². The number of carbonyl (C=O) groups excluding carboxylic acids is 2. The Morgan fingerprint density at radius 2 is 2.09 bits per heavy atom. The Hall–Kier alpha value is -1.58. The first-order valence-electron chi connectivity index (χ1n) is 8.55. The van der Waals surface area contributed by atoms with E-state index in [4.69, 9.17) is 9.47 Å². The van der Waals surface area contributed by atoms with Crippen LogP contribution in [0.3, 0.4) is 0 Å². The van der Waals surface area contributed by atoms with Gasteiger partial charge in [0.15, 0.2) is 0 Å². The Kier molecular flexibility index (Phi) is 3.89. The van der Waals surface area contributed by atoms with Crippen LogP contribution in [0.25, 0.3) is 0 Å². The van der Waals surface area contributed by atoms with Gasteiger partial charge >= 0.3 is 11.9 Å². The number of carbonyl (C=O) groups is 2. The topological polar surface area (TPSA) is 52.6 Å². The highest BCUT2D eigenvalue weighted by atomic mass is 16.6. The largest absolute Gasteiger partial charge is 0.458 e. The summed E-state index contributed by atoms with van der Waals surface area (Å²) in [6.45, 7) is 11.8. The van der Waals surface area contributed by atoms with Gasteiger partial charge in [-0.25, -0.2) is 4.79 Å². The van der Waals surface area contributed by atoms with E-state index in [0.717, 1.165) is 25.7 Å². The number of ether oxygens (including phenoxy) is 2. The molecule has 0 unspecified atom stereocenters. The summed E-state index contributed by atoms with van der Waals surface area (Å²) in [6.07, 6.45) is 3.29. The van der Waals surface area contributed by atoms with Crippen LogP contribution >= 0.6 is 0 Å². The second-order valence-electron chi connectivity index (χ2n) is 7.71. The summed E-state index contributed by atoms with van der Waals surface area (Å²) in [5.41, 5.74) is 2.65. The molecule has 1 saturated carbocycles. The van der Waals surface area contributed by atoms with Gasteiger partial charge < -0.3 is 9.47 Å². The Morgan fingerprint density at radius 1 is 1.39 bits per heavy atom. The average Bonchev–Trinajstić information content (AvgIpc) is 2.89. The minimum absolute atomic E-state index is 0.0372. The van der Waals surface area contributed by atoms with Crippen LogP contribution in [0.1, 0.15) is 53.4 Å². The fraction of sp³-hybridized carbons (Fsp3) is 0.684. The van der Waals surface area contributed by atoms with Crippen molar-refractivity contribution in [3.05, 3.63) is 23.3 Å².